The first-order chi connectivity index (χ1) is 8.95. The molecule has 19 heavy (non-hydrogen) atoms. The normalized spacial score (nSPS) is 15.0. The Labute approximate surface area is 118 Å². The van der Waals surface area contributed by atoms with Crippen LogP contribution in [0, 0.1) is 0 Å². The monoisotopic (exact) mass is 299 g/mol. The second kappa shape index (κ2) is 5.85. The fourth-order valence-electron chi connectivity index (χ4n) is 1.63. The Morgan fingerprint density at radius 3 is 2.47 bits per heavy atom. The summed E-state index contributed by atoms with van der Waals surface area (Å²) in [6.45, 7) is 0.716. The number of primary sulfonamides is 1. The van der Waals surface area contributed by atoms with E-state index in [1.54, 1.807) is 12.1 Å². The van der Waals surface area contributed by atoms with E-state index in [1.807, 2.05) is 0 Å². The van der Waals surface area contributed by atoms with Crippen LogP contribution >= 0.6 is 12.2 Å². The van der Waals surface area contributed by atoms with Crippen molar-refractivity contribution in [1.29, 1.82) is 0 Å². The van der Waals surface area contributed by atoms with Crippen molar-refractivity contribution in [3.05, 3.63) is 29.8 Å². The smallest absolute Gasteiger partial charge is 0.238 e. The van der Waals surface area contributed by atoms with E-state index in [-0.39, 0.29) is 4.90 Å². The summed E-state index contributed by atoms with van der Waals surface area (Å²) in [5.41, 5.74) is 1.04. The van der Waals surface area contributed by atoms with Gasteiger partial charge in [-0.2, -0.15) is 0 Å². The summed E-state index contributed by atoms with van der Waals surface area (Å²) >= 11 is 5.14. The molecular weight excluding hydrogens is 282 g/mol. The molecule has 0 radical (unpaired) electrons. The number of nitrogens with one attached hydrogen (secondary N) is 2. The first-order valence-corrected chi connectivity index (χ1v) is 8.07. The third-order valence-corrected chi connectivity index (χ3v) is 4.06. The first-order valence-electron chi connectivity index (χ1n) is 6.11. The van der Waals surface area contributed by atoms with Crippen molar-refractivity contribution in [3.8, 4) is 0 Å². The van der Waals surface area contributed by atoms with Gasteiger partial charge in [0.05, 0.1) is 4.90 Å². The largest absolute Gasteiger partial charge is 0.362 e. The van der Waals surface area contributed by atoms with Crippen LogP contribution in [0.15, 0.2) is 29.2 Å². The average molecular weight is 299 g/mol. The second-order valence-corrected chi connectivity index (χ2v) is 6.58. The molecule has 5 nitrogen and oxygen atoms in total. The molecule has 0 aromatic heterocycles. The van der Waals surface area contributed by atoms with Crippen molar-refractivity contribution in [2.45, 2.75) is 30.2 Å². The third kappa shape index (κ3) is 4.77. The van der Waals surface area contributed by atoms with E-state index >= 15 is 0 Å². The van der Waals surface area contributed by atoms with E-state index in [2.05, 4.69) is 10.6 Å². The Morgan fingerprint density at radius 1 is 1.32 bits per heavy atom. The summed E-state index contributed by atoms with van der Waals surface area (Å²) in [4.78, 5) is 0.134. The molecule has 4 N–H and O–H groups in total. The molecule has 0 aliphatic heterocycles. The molecule has 0 saturated heterocycles. The van der Waals surface area contributed by atoms with Gasteiger partial charge in [-0.3, -0.25) is 0 Å². The Morgan fingerprint density at radius 2 is 1.95 bits per heavy atom. The Kier molecular flexibility index (Phi) is 4.38. The summed E-state index contributed by atoms with van der Waals surface area (Å²) in [6, 6.07) is 7.11. The number of thiocarbonyl (C=S) groups is 1. The molecule has 1 aliphatic rings. The number of hydrogen-bond acceptors (Lipinski definition) is 3. The molecule has 2 rings (SSSR count). The van der Waals surface area contributed by atoms with Gasteiger partial charge in [-0.1, -0.05) is 12.1 Å². The zero-order valence-electron chi connectivity index (χ0n) is 10.4. The minimum Gasteiger partial charge on any atom is -0.362 e. The second-order valence-electron chi connectivity index (χ2n) is 4.61. The molecule has 0 amide bonds. The molecule has 1 aromatic carbocycles. The molecule has 104 valence electrons. The van der Waals surface area contributed by atoms with E-state index in [0.717, 1.165) is 12.0 Å². The number of benzene rings is 1. The minimum atomic E-state index is -3.61. The molecule has 1 saturated carbocycles. The first kappa shape index (κ1) is 14.2. The molecule has 0 spiro atoms. The quantitative estimate of drug-likeness (QED) is 0.690. The molecular formula is C12H17N3O2S2. The van der Waals surface area contributed by atoms with E-state index in [4.69, 9.17) is 17.4 Å². The van der Waals surface area contributed by atoms with Gasteiger partial charge in [-0.25, -0.2) is 13.6 Å². The van der Waals surface area contributed by atoms with Crippen molar-refractivity contribution < 1.29 is 8.42 Å². The lowest BCUT2D eigenvalue weighted by molar-refractivity contribution is 0.598. The van der Waals surface area contributed by atoms with Crippen LogP contribution in [-0.4, -0.2) is 26.1 Å². The van der Waals surface area contributed by atoms with Crippen LogP contribution in [0.25, 0.3) is 0 Å². The van der Waals surface area contributed by atoms with E-state index in [1.165, 1.54) is 25.0 Å². The minimum absolute atomic E-state index is 0.134. The Hall–Kier alpha value is -1.18. The Bertz CT molecular complexity index is 551. The summed E-state index contributed by atoms with van der Waals surface area (Å²) in [6.07, 6.45) is 3.16. The fourth-order valence-corrected chi connectivity index (χ4v) is 2.41. The molecule has 0 bridgehead atoms. The Balaban J connectivity index is 1.78. The van der Waals surface area contributed by atoms with Gasteiger partial charge in [0.25, 0.3) is 0 Å². The molecule has 1 aliphatic carbocycles. The van der Waals surface area contributed by atoms with Crippen LogP contribution in [0.4, 0.5) is 0 Å². The van der Waals surface area contributed by atoms with Crippen LogP contribution in [0.2, 0.25) is 0 Å². The van der Waals surface area contributed by atoms with Gasteiger partial charge in [-0.15, -0.1) is 0 Å². The van der Waals surface area contributed by atoms with E-state index < -0.39 is 10.0 Å². The molecule has 0 heterocycles. The number of rotatable bonds is 5. The summed E-state index contributed by atoms with van der Waals surface area (Å²) in [5.74, 6) is 0. The van der Waals surface area contributed by atoms with Crippen LogP contribution < -0.4 is 15.8 Å². The molecule has 1 fully saturated rings. The van der Waals surface area contributed by atoms with Crippen molar-refractivity contribution in [2.75, 3.05) is 6.54 Å². The predicted molar refractivity (Wildman–Crippen MR) is 78.3 cm³/mol. The summed E-state index contributed by atoms with van der Waals surface area (Å²) in [7, 11) is -3.61. The summed E-state index contributed by atoms with van der Waals surface area (Å²) in [5, 5.41) is 12.0. The van der Waals surface area contributed by atoms with Crippen molar-refractivity contribution in [1.82, 2.24) is 10.6 Å². The third-order valence-electron chi connectivity index (χ3n) is 2.86. The number of sulfonamides is 1. The lowest BCUT2D eigenvalue weighted by Gasteiger charge is -2.09. The number of hydrogen-bond donors (Lipinski definition) is 3. The van der Waals surface area contributed by atoms with Crippen LogP contribution in [0.5, 0.6) is 0 Å². The van der Waals surface area contributed by atoms with Crippen LogP contribution in [-0.2, 0) is 16.4 Å². The zero-order valence-corrected chi connectivity index (χ0v) is 12.1. The predicted octanol–water partition coefficient (Wildman–Crippen LogP) is 0.503. The molecule has 1 aromatic rings. The van der Waals surface area contributed by atoms with E-state index in [0.29, 0.717) is 17.7 Å². The average Bonchev–Trinajstić information content (AvgIpc) is 3.12. The highest BCUT2D eigenvalue weighted by Gasteiger charge is 2.21. The lowest BCUT2D eigenvalue weighted by Crippen LogP contribution is -2.37. The highest BCUT2D eigenvalue weighted by molar-refractivity contribution is 7.89. The SMILES string of the molecule is NS(=O)(=O)c1ccc(CCNC(=S)NC2CC2)cc1. The van der Waals surface area contributed by atoms with Crippen molar-refractivity contribution in [3.63, 3.8) is 0 Å². The zero-order chi connectivity index (χ0) is 13.9. The van der Waals surface area contributed by atoms with Gasteiger partial charge in [0.1, 0.15) is 0 Å². The lowest BCUT2D eigenvalue weighted by atomic mass is 10.1. The standard InChI is InChI=1S/C12H17N3O2S2/c13-19(16,17)11-5-1-9(2-6-11)7-8-14-12(18)15-10-3-4-10/h1-2,5-6,10H,3-4,7-8H2,(H2,13,16,17)(H2,14,15,18). The van der Waals surface area contributed by atoms with Crippen LogP contribution in [0.1, 0.15) is 18.4 Å². The van der Waals surface area contributed by atoms with Gasteiger partial charge in [-0.05, 0) is 49.2 Å². The molecule has 7 heteroatoms. The highest BCUT2D eigenvalue weighted by atomic mass is 32.2. The van der Waals surface area contributed by atoms with Crippen molar-refractivity contribution in [2.24, 2.45) is 5.14 Å². The number of nitrogens with two attached hydrogens (primary N) is 1. The van der Waals surface area contributed by atoms with Gasteiger partial charge in [0, 0.05) is 12.6 Å². The highest BCUT2D eigenvalue weighted by Crippen LogP contribution is 2.18. The maximum absolute atomic E-state index is 11.1. The maximum atomic E-state index is 11.1. The fraction of sp³-hybridized carbons (Fsp3) is 0.417. The van der Waals surface area contributed by atoms with Crippen LogP contribution in [0.3, 0.4) is 0 Å². The van der Waals surface area contributed by atoms with Gasteiger partial charge >= 0.3 is 0 Å². The van der Waals surface area contributed by atoms with Crippen molar-refractivity contribution >= 4 is 27.4 Å². The summed E-state index contributed by atoms with van der Waals surface area (Å²) < 4.78 is 22.2. The maximum Gasteiger partial charge on any atom is 0.238 e. The molecule has 0 unspecified atom stereocenters. The topological polar surface area (TPSA) is 84.2 Å². The van der Waals surface area contributed by atoms with Gasteiger partial charge < -0.3 is 10.6 Å². The molecule has 0 atom stereocenters. The van der Waals surface area contributed by atoms with Gasteiger partial charge in [0.2, 0.25) is 10.0 Å². The van der Waals surface area contributed by atoms with Gasteiger partial charge in [0.15, 0.2) is 5.11 Å². The van der Waals surface area contributed by atoms with E-state index in [9.17, 15) is 8.42 Å².